The fourth-order valence-electron chi connectivity index (χ4n) is 3.38. The van der Waals surface area contributed by atoms with Crippen molar-refractivity contribution in [3.05, 3.63) is 71.2 Å². The van der Waals surface area contributed by atoms with Crippen LogP contribution in [0.3, 0.4) is 0 Å². The summed E-state index contributed by atoms with van der Waals surface area (Å²) in [7, 11) is 0. The number of hydrogen-bond acceptors (Lipinski definition) is 10. The summed E-state index contributed by atoms with van der Waals surface area (Å²) in [5, 5.41) is 11.8. The summed E-state index contributed by atoms with van der Waals surface area (Å²) in [6.07, 6.45) is 2.95. The lowest BCUT2D eigenvalue weighted by Crippen LogP contribution is -2.47. The van der Waals surface area contributed by atoms with Crippen LogP contribution < -0.4 is 25.4 Å². The lowest BCUT2D eigenvalue weighted by Gasteiger charge is -2.35. The average molecular weight is 450 g/mol. The van der Waals surface area contributed by atoms with Crippen molar-refractivity contribution in [3.8, 4) is 5.75 Å². The second-order valence-electron chi connectivity index (χ2n) is 7.09. The molecule has 0 atom stereocenters. The number of rotatable bonds is 8. The van der Waals surface area contributed by atoms with Crippen LogP contribution in [0.5, 0.6) is 5.75 Å². The molecule has 33 heavy (non-hydrogen) atoms. The number of aromatic nitrogens is 3. The van der Waals surface area contributed by atoms with Crippen LogP contribution in [0.15, 0.2) is 61.1 Å². The summed E-state index contributed by atoms with van der Waals surface area (Å²) in [6.45, 7) is 2.04. The highest BCUT2D eigenvalue weighted by molar-refractivity contribution is 5.80. The van der Waals surface area contributed by atoms with Crippen molar-refractivity contribution in [1.29, 1.82) is 0 Å². The Balaban J connectivity index is 1.40. The number of pyridine rings is 1. The number of hydrazine groups is 1. The number of nitro groups is 1. The molecule has 1 saturated heterocycles. The van der Waals surface area contributed by atoms with E-state index in [2.05, 4.69) is 30.7 Å². The molecule has 2 N–H and O–H groups in total. The van der Waals surface area contributed by atoms with E-state index in [4.69, 9.17) is 4.74 Å². The number of carbonyl (C=O) groups is 1. The van der Waals surface area contributed by atoms with Crippen LogP contribution in [0, 0.1) is 10.1 Å². The quantitative estimate of drug-likeness (QED) is 0.384. The zero-order valence-electron chi connectivity index (χ0n) is 17.6. The molecule has 1 aliphatic rings. The molecule has 170 valence electrons. The first-order chi connectivity index (χ1) is 16.1. The maximum absolute atomic E-state index is 12.1. The van der Waals surface area contributed by atoms with Gasteiger partial charge in [-0.2, -0.15) is 0 Å². The highest BCUT2D eigenvalue weighted by Gasteiger charge is 2.29. The Bertz CT molecular complexity index is 1090. The molecule has 4 rings (SSSR count). The predicted molar refractivity (Wildman–Crippen MR) is 121 cm³/mol. The van der Waals surface area contributed by atoms with Crippen molar-refractivity contribution in [3.63, 3.8) is 0 Å². The molecule has 3 aromatic rings. The topological polar surface area (TPSA) is 139 Å². The molecule has 1 amide bonds. The largest absolute Gasteiger partial charge is 0.484 e. The van der Waals surface area contributed by atoms with Gasteiger partial charge in [-0.1, -0.05) is 24.3 Å². The van der Waals surface area contributed by atoms with E-state index in [0.29, 0.717) is 31.9 Å². The Morgan fingerprint density at radius 2 is 1.73 bits per heavy atom. The van der Waals surface area contributed by atoms with Crippen molar-refractivity contribution >= 4 is 29.0 Å². The van der Waals surface area contributed by atoms with E-state index in [9.17, 15) is 14.9 Å². The number of hydrogen-bond donors (Lipinski definition) is 2. The molecule has 1 fully saturated rings. The summed E-state index contributed by atoms with van der Waals surface area (Å²) in [5.74, 6) is 0.959. The van der Waals surface area contributed by atoms with E-state index >= 15 is 0 Å². The zero-order chi connectivity index (χ0) is 23.0. The van der Waals surface area contributed by atoms with Gasteiger partial charge in [0.15, 0.2) is 6.61 Å². The summed E-state index contributed by atoms with van der Waals surface area (Å²) in [6, 6.07) is 14.5. The molecule has 12 nitrogen and oxygen atoms in total. The Morgan fingerprint density at radius 3 is 2.42 bits per heavy atom. The SMILES string of the molecule is O=C(COc1ccccc1)NNc1ncnc(N2CCN(c3ccccn3)CC2)c1[N+](=O)[O-]. The van der Waals surface area contributed by atoms with E-state index in [1.165, 1.54) is 6.33 Å². The minimum atomic E-state index is -0.560. The number of benzene rings is 1. The number of carbonyl (C=O) groups excluding carboxylic acids is 1. The van der Waals surface area contributed by atoms with Gasteiger partial charge in [-0.3, -0.25) is 25.8 Å². The number of amides is 1. The molecule has 2 aromatic heterocycles. The van der Waals surface area contributed by atoms with Gasteiger partial charge in [0, 0.05) is 32.4 Å². The lowest BCUT2D eigenvalue weighted by molar-refractivity contribution is -0.383. The van der Waals surface area contributed by atoms with E-state index in [-0.39, 0.29) is 23.9 Å². The van der Waals surface area contributed by atoms with E-state index < -0.39 is 10.8 Å². The van der Waals surface area contributed by atoms with Gasteiger partial charge in [-0.15, -0.1) is 0 Å². The van der Waals surface area contributed by atoms with Crippen LogP contribution in [0.4, 0.5) is 23.1 Å². The van der Waals surface area contributed by atoms with Crippen LogP contribution in [0.25, 0.3) is 0 Å². The van der Waals surface area contributed by atoms with Crippen molar-refractivity contribution in [2.45, 2.75) is 0 Å². The Morgan fingerprint density at radius 1 is 1.00 bits per heavy atom. The molecular weight excluding hydrogens is 428 g/mol. The van der Waals surface area contributed by atoms with Gasteiger partial charge in [0.25, 0.3) is 5.91 Å². The highest BCUT2D eigenvalue weighted by Crippen LogP contribution is 2.32. The van der Waals surface area contributed by atoms with Crippen LogP contribution in [-0.2, 0) is 4.79 Å². The highest BCUT2D eigenvalue weighted by atomic mass is 16.6. The van der Waals surface area contributed by atoms with Gasteiger partial charge in [0.2, 0.25) is 11.6 Å². The molecule has 3 heterocycles. The van der Waals surface area contributed by atoms with Crippen LogP contribution in [0.1, 0.15) is 0 Å². The standard InChI is InChI=1S/C21H22N8O4/c30-18(14-33-16-6-2-1-3-7-16)25-26-20-19(29(31)32)21(24-15-23-20)28-12-10-27(11-13-28)17-8-4-5-9-22-17/h1-9,15H,10-14H2,(H,25,30)(H,23,24,26). The van der Waals surface area contributed by atoms with Crippen molar-refractivity contribution in [2.24, 2.45) is 0 Å². The van der Waals surface area contributed by atoms with Gasteiger partial charge in [0.05, 0.1) is 4.92 Å². The van der Waals surface area contributed by atoms with Gasteiger partial charge in [-0.05, 0) is 24.3 Å². The maximum Gasteiger partial charge on any atom is 0.355 e. The normalized spacial score (nSPS) is 13.3. The number of para-hydroxylation sites is 1. The fourth-order valence-corrected chi connectivity index (χ4v) is 3.38. The molecule has 0 bridgehead atoms. The number of anilines is 3. The van der Waals surface area contributed by atoms with Crippen molar-refractivity contribution in [2.75, 3.05) is 48.0 Å². The number of nitrogens with zero attached hydrogens (tertiary/aromatic N) is 6. The van der Waals surface area contributed by atoms with Gasteiger partial charge in [0.1, 0.15) is 17.9 Å². The molecular formula is C21H22N8O4. The average Bonchev–Trinajstić information content (AvgIpc) is 2.87. The van der Waals surface area contributed by atoms with E-state index in [0.717, 1.165) is 5.82 Å². The first-order valence-electron chi connectivity index (χ1n) is 10.2. The molecule has 0 aliphatic carbocycles. The molecule has 0 unspecified atom stereocenters. The first kappa shape index (κ1) is 21.7. The fraction of sp³-hybridized carbons (Fsp3) is 0.238. The minimum absolute atomic E-state index is 0.106. The third kappa shape index (κ3) is 5.42. The third-order valence-corrected chi connectivity index (χ3v) is 4.97. The summed E-state index contributed by atoms with van der Waals surface area (Å²) < 4.78 is 5.36. The van der Waals surface area contributed by atoms with Crippen molar-refractivity contribution in [1.82, 2.24) is 20.4 Å². The summed E-state index contributed by atoms with van der Waals surface area (Å²) in [4.78, 5) is 39.7. The van der Waals surface area contributed by atoms with Gasteiger partial charge >= 0.3 is 5.69 Å². The molecule has 1 aliphatic heterocycles. The second kappa shape index (κ2) is 10.2. The van der Waals surface area contributed by atoms with E-state index in [1.807, 2.05) is 29.2 Å². The second-order valence-corrected chi connectivity index (χ2v) is 7.09. The summed E-state index contributed by atoms with van der Waals surface area (Å²) >= 11 is 0. The van der Waals surface area contributed by atoms with Crippen LogP contribution in [-0.4, -0.2) is 58.6 Å². The van der Waals surface area contributed by atoms with E-state index in [1.54, 1.807) is 30.5 Å². The van der Waals surface area contributed by atoms with Crippen molar-refractivity contribution < 1.29 is 14.5 Å². The Kier molecular flexibility index (Phi) is 6.73. The number of piperazine rings is 1. The Hall–Kier alpha value is -4.48. The van der Waals surface area contributed by atoms with Crippen LogP contribution in [0.2, 0.25) is 0 Å². The molecule has 1 aromatic carbocycles. The zero-order valence-corrected chi connectivity index (χ0v) is 17.6. The Labute approximate surface area is 189 Å². The number of ether oxygens (including phenoxy) is 1. The monoisotopic (exact) mass is 450 g/mol. The first-order valence-corrected chi connectivity index (χ1v) is 10.2. The lowest BCUT2D eigenvalue weighted by atomic mass is 10.3. The summed E-state index contributed by atoms with van der Waals surface area (Å²) in [5.41, 5.74) is 4.59. The molecule has 0 spiro atoms. The third-order valence-electron chi connectivity index (χ3n) is 4.97. The molecule has 0 saturated carbocycles. The molecule has 12 heteroatoms. The minimum Gasteiger partial charge on any atom is -0.484 e. The molecule has 0 radical (unpaired) electrons. The number of nitrogens with one attached hydrogen (secondary N) is 2. The van der Waals surface area contributed by atoms with Gasteiger partial charge in [-0.25, -0.2) is 15.0 Å². The predicted octanol–water partition coefficient (Wildman–Crippen LogP) is 1.63. The smallest absolute Gasteiger partial charge is 0.355 e. The van der Waals surface area contributed by atoms with Crippen LogP contribution >= 0.6 is 0 Å². The van der Waals surface area contributed by atoms with Gasteiger partial charge < -0.3 is 14.5 Å². The maximum atomic E-state index is 12.1.